The van der Waals surface area contributed by atoms with Crippen molar-refractivity contribution in [2.45, 2.75) is 45.4 Å². The van der Waals surface area contributed by atoms with Gasteiger partial charge in [0.25, 0.3) is 0 Å². The second-order valence-corrected chi connectivity index (χ2v) is 4.39. The molecule has 0 amide bonds. The maximum absolute atomic E-state index is 5.59. The van der Waals surface area contributed by atoms with Crippen molar-refractivity contribution in [3.05, 3.63) is 0 Å². The van der Waals surface area contributed by atoms with Crippen molar-refractivity contribution >= 4 is 0 Å². The largest absolute Gasteiger partial charge is 0.383 e. The lowest BCUT2D eigenvalue weighted by Crippen LogP contribution is -2.33. The van der Waals surface area contributed by atoms with Gasteiger partial charge >= 0.3 is 0 Å². The van der Waals surface area contributed by atoms with Crippen LogP contribution in [0.15, 0.2) is 0 Å². The van der Waals surface area contributed by atoms with Crippen molar-refractivity contribution < 1.29 is 4.74 Å². The predicted octanol–water partition coefficient (Wildman–Crippen LogP) is 2.25. The molecule has 0 heterocycles. The number of unbranched alkanes of at least 4 members (excludes halogenated alkanes) is 5. The number of nitrogens with two attached hydrogens (primary N) is 1. The lowest BCUT2D eigenvalue weighted by molar-refractivity contribution is 0.148. The lowest BCUT2D eigenvalue weighted by Gasteiger charge is -2.20. The third kappa shape index (κ3) is 10.4. The first-order valence-corrected chi connectivity index (χ1v) is 6.76. The number of hydrogen-bond donors (Lipinski definition) is 1. The Morgan fingerprint density at radius 1 is 0.938 bits per heavy atom. The van der Waals surface area contributed by atoms with Gasteiger partial charge in [0.1, 0.15) is 0 Å². The minimum Gasteiger partial charge on any atom is -0.383 e. The van der Waals surface area contributed by atoms with Crippen LogP contribution in [0.1, 0.15) is 45.4 Å². The SMILES string of the molecule is CCCCCCCCN(CCN)CCOC. The van der Waals surface area contributed by atoms with Crippen molar-refractivity contribution in [2.75, 3.05) is 39.9 Å². The van der Waals surface area contributed by atoms with Crippen LogP contribution in [0.3, 0.4) is 0 Å². The first-order chi connectivity index (χ1) is 7.85. The van der Waals surface area contributed by atoms with Gasteiger partial charge in [-0.15, -0.1) is 0 Å². The number of methoxy groups -OCH3 is 1. The van der Waals surface area contributed by atoms with Gasteiger partial charge in [0.2, 0.25) is 0 Å². The minimum atomic E-state index is 0.750. The van der Waals surface area contributed by atoms with Gasteiger partial charge in [-0.25, -0.2) is 0 Å². The Labute approximate surface area is 101 Å². The van der Waals surface area contributed by atoms with Gasteiger partial charge in [-0.1, -0.05) is 39.0 Å². The Hall–Kier alpha value is -0.120. The molecule has 0 saturated heterocycles. The van der Waals surface area contributed by atoms with Crippen LogP contribution in [-0.4, -0.2) is 44.8 Å². The van der Waals surface area contributed by atoms with E-state index < -0.39 is 0 Å². The van der Waals surface area contributed by atoms with Crippen LogP contribution in [0.5, 0.6) is 0 Å². The average Bonchev–Trinajstić information content (AvgIpc) is 2.30. The van der Waals surface area contributed by atoms with E-state index >= 15 is 0 Å². The number of nitrogens with zero attached hydrogens (tertiary/aromatic N) is 1. The average molecular weight is 230 g/mol. The molecule has 3 nitrogen and oxygen atoms in total. The van der Waals surface area contributed by atoms with Gasteiger partial charge in [-0.2, -0.15) is 0 Å². The zero-order chi connectivity index (χ0) is 12.1. The molecule has 0 aromatic heterocycles. The second kappa shape index (κ2) is 12.9. The van der Waals surface area contributed by atoms with E-state index in [2.05, 4.69) is 11.8 Å². The van der Waals surface area contributed by atoms with E-state index in [1.54, 1.807) is 7.11 Å². The topological polar surface area (TPSA) is 38.5 Å². The fourth-order valence-electron chi connectivity index (χ4n) is 1.85. The van der Waals surface area contributed by atoms with Crippen LogP contribution in [0.4, 0.5) is 0 Å². The fourth-order valence-corrected chi connectivity index (χ4v) is 1.85. The van der Waals surface area contributed by atoms with E-state index in [0.717, 1.165) is 26.2 Å². The van der Waals surface area contributed by atoms with E-state index in [-0.39, 0.29) is 0 Å². The molecule has 0 aliphatic rings. The molecule has 0 fully saturated rings. The molecule has 0 aliphatic heterocycles. The third-order valence-corrected chi connectivity index (χ3v) is 2.88. The van der Waals surface area contributed by atoms with Crippen molar-refractivity contribution in [3.63, 3.8) is 0 Å². The zero-order valence-corrected chi connectivity index (χ0v) is 11.2. The summed E-state index contributed by atoms with van der Waals surface area (Å²) in [6, 6.07) is 0. The molecule has 0 rings (SSSR count). The molecule has 3 heteroatoms. The van der Waals surface area contributed by atoms with Crippen molar-refractivity contribution in [1.82, 2.24) is 4.90 Å². The summed E-state index contributed by atoms with van der Waals surface area (Å²) >= 11 is 0. The molecular formula is C13H30N2O. The van der Waals surface area contributed by atoms with E-state index in [1.807, 2.05) is 0 Å². The number of ether oxygens (including phenoxy) is 1. The van der Waals surface area contributed by atoms with Gasteiger partial charge in [-0.05, 0) is 13.0 Å². The van der Waals surface area contributed by atoms with E-state index in [9.17, 15) is 0 Å². The minimum absolute atomic E-state index is 0.750. The molecule has 0 radical (unpaired) electrons. The smallest absolute Gasteiger partial charge is 0.0589 e. The standard InChI is InChI=1S/C13H30N2O/c1-3-4-5-6-7-8-10-15(11-9-14)12-13-16-2/h3-14H2,1-2H3. The van der Waals surface area contributed by atoms with Gasteiger partial charge in [0.05, 0.1) is 6.61 Å². The molecular weight excluding hydrogens is 200 g/mol. The maximum atomic E-state index is 5.59. The number of hydrogen-bond acceptors (Lipinski definition) is 3. The van der Waals surface area contributed by atoms with Crippen LogP contribution in [-0.2, 0) is 4.74 Å². The molecule has 0 aliphatic carbocycles. The Morgan fingerprint density at radius 2 is 1.62 bits per heavy atom. The summed E-state index contributed by atoms with van der Waals surface area (Å²) in [5.74, 6) is 0. The molecule has 0 aromatic rings. The summed E-state index contributed by atoms with van der Waals surface area (Å²) in [5, 5.41) is 0. The highest BCUT2D eigenvalue weighted by Gasteiger charge is 2.02. The van der Waals surface area contributed by atoms with Crippen molar-refractivity contribution in [1.29, 1.82) is 0 Å². The van der Waals surface area contributed by atoms with E-state index in [0.29, 0.717) is 0 Å². The van der Waals surface area contributed by atoms with E-state index in [1.165, 1.54) is 45.1 Å². The zero-order valence-electron chi connectivity index (χ0n) is 11.2. The molecule has 98 valence electrons. The van der Waals surface area contributed by atoms with Gasteiger partial charge in [0.15, 0.2) is 0 Å². The first kappa shape index (κ1) is 15.9. The molecule has 0 saturated carbocycles. The monoisotopic (exact) mass is 230 g/mol. The first-order valence-electron chi connectivity index (χ1n) is 6.76. The highest BCUT2D eigenvalue weighted by atomic mass is 16.5. The predicted molar refractivity (Wildman–Crippen MR) is 70.7 cm³/mol. The molecule has 0 unspecified atom stereocenters. The highest BCUT2D eigenvalue weighted by Crippen LogP contribution is 2.05. The summed E-state index contributed by atoms with van der Waals surface area (Å²) in [5.41, 5.74) is 5.59. The quantitative estimate of drug-likeness (QED) is 0.523. The summed E-state index contributed by atoms with van der Waals surface area (Å²) in [6.45, 7) is 7.01. The summed E-state index contributed by atoms with van der Waals surface area (Å²) < 4.78 is 5.10. The van der Waals surface area contributed by atoms with Crippen LogP contribution >= 0.6 is 0 Å². The Balaban J connectivity index is 3.36. The molecule has 0 bridgehead atoms. The summed E-state index contributed by atoms with van der Waals surface area (Å²) in [6.07, 6.45) is 8.14. The third-order valence-electron chi connectivity index (χ3n) is 2.88. The summed E-state index contributed by atoms with van der Waals surface area (Å²) in [7, 11) is 1.76. The maximum Gasteiger partial charge on any atom is 0.0589 e. The Kier molecular flexibility index (Phi) is 12.9. The normalized spacial score (nSPS) is 11.2. The number of rotatable bonds is 12. The molecule has 2 N–H and O–H groups in total. The van der Waals surface area contributed by atoms with Crippen LogP contribution in [0, 0.1) is 0 Å². The Morgan fingerprint density at radius 3 is 2.25 bits per heavy atom. The summed E-state index contributed by atoms with van der Waals surface area (Å²) in [4.78, 5) is 2.41. The van der Waals surface area contributed by atoms with Crippen molar-refractivity contribution in [3.8, 4) is 0 Å². The molecule has 0 atom stereocenters. The highest BCUT2D eigenvalue weighted by molar-refractivity contribution is 4.58. The molecule has 16 heavy (non-hydrogen) atoms. The van der Waals surface area contributed by atoms with Crippen LogP contribution < -0.4 is 5.73 Å². The lowest BCUT2D eigenvalue weighted by atomic mass is 10.1. The second-order valence-electron chi connectivity index (χ2n) is 4.39. The molecule has 0 aromatic carbocycles. The van der Waals surface area contributed by atoms with Crippen LogP contribution in [0.25, 0.3) is 0 Å². The van der Waals surface area contributed by atoms with E-state index in [4.69, 9.17) is 10.5 Å². The van der Waals surface area contributed by atoms with Crippen molar-refractivity contribution in [2.24, 2.45) is 5.73 Å². The van der Waals surface area contributed by atoms with Gasteiger partial charge in [0, 0.05) is 26.7 Å². The van der Waals surface area contributed by atoms with Gasteiger partial charge < -0.3 is 10.5 Å². The van der Waals surface area contributed by atoms with Gasteiger partial charge in [-0.3, -0.25) is 4.90 Å². The Bertz CT molecular complexity index is 131. The van der Waals surface area contributed by atoms with Crippen LogP contribution in [0.2, 0.25) is 0 Å². The molecule has 0 spiro atoms. The fraction of sp³-hybridized carbons (Fsp3) is 1.00.